The Kier molecular flexibility index (Phi) is 4.34. The first-order chi connectivity index (χ1) is 11.4. The summed E-state index contributed by atoms with van der Waals surface area (Å²) in [6.45, 7) is 0.385. The first kappa shape index (κ1) is 16.5. The zero-order chi connectivity index (χ0) is 17.3. The molecule has 0 aliphatic heterocycles. The van der Waals surface area contributed by atoms with Gasteiger partial charge >= 0.3 is 0 Å². The van der Waals surface area contributed by atoms with E-state index in [9.17, 15) is 12.8 Å². The maximum Gasteiger partial charge on any atom is 0.176 e. The van der Waals surface area contributed by atoms with Crippen LogP contribution in [0, 0.1) is 5.82 Å². The molecular formula is C18H17FN2O2S. The lowest BCUT2D eigenvalue weighted by Gasteiger charge is -2.13. The van der Waals surface area contributed by atoms with Crippen molar-refractivity contribution >= 4 is 20.7 Å². The van der Waals surface area contributed by atoms with Crippen molar-refractivity contribution in [2.75, 3.05) is 12.8 Å². The summed E-state index contributed by atoms with van der Waals surface area (Å²) in [5.74, 6) is -0.440. The van der Waals surface area contributed by atoms with Crippen LogP contribution in [-0.4, -0.2) is 26.2 Å². The van der Waals surface area contributed by atoms with E-state index in [1.54, 1.807) is 30.3 Å². The van der Waals surface area contributed by atoms with Gasteiger partial charge in [-0.05, 0) is 36.7 Å². The number of nitrogens with zero attached hydrogens (tertiary/aromatic N) is 1. The molecule has 3 aromatic rings. The van der Waals surface area contributed by atoms with Crippen molar-refractivity contribution in [2.45, 2.75) is 11.3 Å². The van der Waals surface area contributed by atoms with Crippen LogP contribution in [0.3, 0.4) is 0 Å². The van der Waals surface area contributed by atoms with E-state index in [0.717, 1.165) is 11.8 Å². The zero-order valence-electron chi connectivity index (χ0n) is 13.2. The molecule has 0 aliphatic carbocycles. The summed E-state index contributed by atoms with van der Waals surface area (Å²) in [6.07, 6.45) is 1.67. The van der Waals surface area contributed by atoms with E-state index in [1.165, 1.54) is 12.1 Å². The first-order valence-electron chi connectivity index (χ1n) is 7.49. The van der Waals surface area contributed by atoms with Gasteiger partial charge < -0.3 is 5.73 Å². The van der Waals surface area contributed by atoms with Gasteiger partial charge in [0.25, 0.3) is 0 Å². The number of halogens is 1. The van der Waals surface area contributed by atoms with Gasteiger partial charge in [-0.25, -0.2) is 17.8 Å². The van der Waals surface area contributed by atoms with E-state index in [1.807, 2.05) is 6.07 Å². The molecule has 0 saturated carbocycles. The van der Waals surface area contributed by atoms with Gasteiger partial charge in [-0.3, -0.25) is 0 Å². The highest BCUT2D eigenvalue weighted by molar-refractivity contribution is 7.90. The highest BCUT2D eigenvalue weighted by Crippen LogP contribution is 2.31. The molecule has 0 spiro atoms. The van der Waals surface area contributed by atoms with E-state index >= 15 is 0 Å². The first-order valence-corrected chi connectivity index (χ1v) is 9.38. The van der Waals surface area contributed by atoms with Gasteiger partial charge in [-0.15, -0.1) is 0 Å². The Bertz CT molecular complexity index is 1020. The maximum atomic E-state index is 14.1. The Labute approximate surface area is 140 Å². The number of fused-ring (bicyclic) bond motifs is 1. The Hall–Kier alpha value is -2.31. The topological polar surface area (TPSA) is 73.0 Å². The zero-order valence-corrected chi connectivity index (χ0v) is 14.0. The minimum Gasteiger partial charge on any atom is -0.330 e. The molecule has 2 N–H and O–H groups in total. The van der Waals surface area contributed by atoms with E-state index < -0.39 is 15.7 Å². The molecule has 2 aromatic carbocycles. The second-order valence-electron chi connectivity index (χ2n) is 5.61. The van der Waals surface area contributed by atoms with E-state index in [4.69, 9.17) is 5.73 Å². The minimum atomic E-state index is -3.44. The van der Waals surface area contributed by atoms with E-state index in [0.29, 0.717) is 29.6 Å². The average molecular weight is 344 g/mol. The number of aromatic nitrogens is 1. The molecule has 6 heteroatoms. The van der Waals surface area contributed by atoms with Crippen LogP contribution in [0.1, 0.15) is 5.56 Å². The van der Waals surface area contributed by atoms with Crippen LogP contribution in [0.4, 0.5) is 4.39 Å². The van der Waals surface area contributed by atoms with Crippen LogP contribution in [0.15, 0.2) is 53.4 Å². The Morgan fingerprint density at radius 3 is 2.58 bits per heavy atom. The van der Waals surface area contributed by atoms with Gasteiger partial charge in [0.1, 0.15) is 11.3 Å². The predicted molar refractivity (Wildman–Crippen MR) is 93.0 cm³/mol. The molecule has 24 heavy (non-hydrogen) atoms. The minimum absolute atomic E-state index is 0.173. The summed E-state index contributed by atoms with van der Waals surface area (Å²) in [4.78, 5) is 4.62. The lowest BCUT2D eigenvalue weighted by atomic mass is 10.0. The summed E-state index contributed by atoms with van der Waals surface area (Å²) in [6, 6.07) is 13.2. The van der Waals surface area contributed by atoms with Gasteiger partial charge in [0, 0.05) is 17.2 Å². The maximum absolute atomic E-state index is 14.1. The van der Waals surface area contributed by atoms with Gasteiger partial charge in [0.2, 0.25) is 0 Å². The summed E-state index contributed by atoms with van der Waals surface area (Å²) in [5, 5.41) is 0.666. The molecule has 1 heterocycles. The molecule has 0 bridgehead atoms. The van der Waals surface area contributed by atoms with Crippen LogP contribution in [0.25, 0.3) is 22.2 Å². The second-order valence-corrected chi connectivity index (χ2v) is 7.60. The van der Waals surface area contributed by atoms with E-state index in [-0.39, 0.29) is 10.4 Å². The van der Waals surface area contributed by atoms with Crippen molar-refractivity contribution in [3.05, 3.63) is 59.9 Å². The van der Waals surface area contributed by atoms with Crippen molar-refractivity contribution in [1.29, 1.82) is 0 Å². The summed E-state index contributed by atoms with van der Waals surface area (Å²) >= 11 is 0. The molecule has 0 aliphatic rings. The molecule has 0 saturated heterocycles. The van der Waals surface area contributed by atoms with Crippen LogP contribution in [-0.2, 0) is 16.3 Å². The highest BCUT2D eigenvalue weighted by Gasteiger charge is 2.18. The number of nitrogens with two attached hydrogens (primary N) is 1. The third-order valence-electron chi connectivity index (χ3n) is 3.83. The summed E-state index contributed by atoms with van der Waals surface area (Å²) in [7, 11) is -3.44. The van der Waals surface area contributed by atoms with Gasteiger partial charge in [0.05, 0.1) is 10.6 Å². The number of sulfone groups is 1. The van der Waals surface area contributed by atoms with Crippen molar-refractivity contribution < 1.29 is 12.8 Å². The van der Waals surface area contributed by atoms with Crippen LogP contribution in [0.5, 0.6) is 0 Å². The number of para-hydroxylation sites is 1. The Morgan fingerprint density at radius 2 is 1.88 bits per heavy atom. The monoisotopic (exact) mass is 344 g/mol. The lowest BCUT2D eigenvalue weighted by Crippen LogP contribution is -2.07. The quantitative estimate of drug-likeness (QED) is 0.790. The molecule has 0 atom stereocenters. The standard InChI is InChI=1S/C18H17FN2O2S/c1-24(22,23)16-8-3-2-6-14(16)17-13(9-10-20)11-12-5-4-7-15(19)18(12)21-17/h2-8,11H,9-10,20H2,1H3. The normalized spacial score (nSPS) is 11.8. The molecular weight excluding hydrogens is 327 g/mol. The SMILES string of the molecule is CS(=O)(=O)c1ccccc1-c1nc2c(F)cccc2cc1CCN. The van der Waals surface area contributed by atoms with Gasteiger partial charge in [0.15, 0.2) is 9.84 Å². The van der Waals surface area contributed by atoms with Gasteiger partial charge in [-0.2, -0.15) is 0 Å². The largest absolute Gasteiger partial charge is 0.330 e. The molecule has 0 amide bonds. The van der Waals surface area contributed by atoms with Crippen LogP contribution in [0.2, 0.25) is 0 Å². The fraction of sp³-hybridized carbons (Fsp3) is 0.167. The van der Waals surface area contributed by atoms with Crippen molar-refractivity contribution in [1.82, 2.24) is 4.98 Å². The van der Waals surface area contributed by atoms with Crippen LogP contribution >= 0.6 is 0 Å². The number of pyridine rings is 1. The molecule has 0 unspecified atom stereocenters. The number of rotatable bonds is 4. The molecule has 4 nitrogen and oxygen atoms in total. The number of benzene rings is 2. The van der Waals surface area contributed by atoms with Crippen molar-refractivity contribution in [3.8, 4) is 11.3 Å². The Balaban J connectivity index is 2.37. The van der Waals surface area contributed by atoms with Gasteiger partial charge in [-0.1, -0.05) is 30.3 Å². The third-order valence-corrected chi connectivity index (χ3v) is 4.99. The summed E-state index contributed by atoms with van der Waals surface area (Å²) < 4.78 is 38.3. The van der Waals surface area contributed by atoms with E-state index in [2.05, 4.69) is 4.98 Å². The Morgan fingerprint density at radius 1 is 1.12 bits per heavy atom. The molecule has 0 fully saturated rings. The molecule has 0 radical (unpaired) electrons. The highest BCUT2D eigenvalue weighted by atomic mass is 32.2. The number of hydrogen-bond donors (Lipinski definition) is 1. The van der Waals surface area contributed by atoms with Crippen LogP contribution < -0.4 is 5.73 Å². The average Bonchev–Trinajstić information content (AvgIpc) is 2.54. The summed E-state index contributed by atoms with van der Waals surface area (Å²) in [5.41, 5.74) is 7.63. The lowest BCUT2D eigenvalue weighted by molar-refractivity contribution is 0.602. The fourth-order valence-electron chi connectivity index (χ4n) is 2.77. The smallest absolute Gasteiger partial charge is 0.176 e. The number of hydrogen-bond acceptors (Lipinski definition) is 4. The predicted octanol–water partition coefficient (Wildman–Crippen LogP) is 2.95. The fourth-order valence-corrected chi connectivity index (χ4v) is 3.66. The van der Waals surface area contributed by atoms with Crippen molar-refractivity contribution in [2.24, 2.45) is 5.73 Å². The molecule has 1 aromatic heterocycles. The van der Waals surface area contributed by atoms with Crippen molar-refractivity contribution in [3.63, 3.8) is 0 Å². The second kappa shape index (κ2) is 6.30. The molecule has 124 valence electrons. The molecule has 3 rings (SSSR count). The third kappa shape index (κ3) is 3.02.